The second-order valence-electron chi connectivity index (χ2n) is 4.38. The lowest BCUT2D eigenvalue weighted by Gasteiger charge is -2.34. The SMILES string of the molecule is CC1CCC(C#N)(NCCCO)CC1. The quantitative estimate of drug-likeness (QED) is 0.669. The minimum atomic E-state index is -0.304. The molecule has 1 saturated carbocycles. The number of hydrogen-bond acceptors (Lipinski definition) is 3. The van der Waals surface area contributed by atoms with Gasteiger partial charge in [-0.15, -0.1) is 0 Å². The van der Waals surface area contributed by atoms with Gasteiger partial charge in [0.15, 0.2) is 0 Å². The van der Waals surface area contributed by atoms with Crippen molar-refractivity contribution in [1.29, 1.82) is 5.26 Å². The van der Waals surface area contributed by atoms with E-state index in [1.807, 2.05) is 0 Å². The zero-order valence-electron chi connectivity index (χ0n) is 8.92. The smallest absolute Gasteiger partial charge is 0.106 e. The Morgan fingerprint density at radius 3 is 2.64 bits per heavy atom. The molecule has 0 atom stereocenters. The molecule has 2 N–H and O–H groups in total. The molecule has 3 heteroatoms. The van der Waals surface area contributed by atoms with E-state index in [-0.39, 0.29) is 12.1 Å². The van der Waals surface area contributed by atoms with Crippen LogP contribution < -0.4 is 5.32 Å². The molecule has 1 fully saturated rings. The average molecular weight is 196 g/mol. The van der Waals surface area contributed by atoms with Crippen LogP contribution in [0.15, 0.2) is 0 Å². The van der Waals surface area contributed by atoms with Crippen molar-refractivity contribution in [1.82, 2.24) is 5.32 Å². The Bertz CT molecular complexity index is 202. The third-order valence-electron chi connectivity index (χ3n) is 3.14. The number of nitrogens with one attached hydrogen (secondary N) is 1. The zero-order valence-corrected chi connectivity index (χ0v) is 8.92. The first-order valence-corrected chi connectivity index (χ1v) is 5.49. The monoisotopic (exact) mass is 196 g/mol. The van der Waals surface area contributed by atoms with Crippen LogP contribution in [-0.4, -0.2) is 23.8 Å². The number of nitriles is 1. The second-order valence-corrected chi connectivity index (χ2v) is 4.38. The Morgan fingerprint density at radius 2 is 2.14 bits per heavy atom. The molecule has 0 heterocycles. The van der Waals surface area contributed by atoms with Crippen molar-refractivity contribution in [3.63, 3.8) is 0 Å². The van der Waals surface area contributed by atoms with Gasteiger partial charge in [-0.1, -0.05) is 6.92 Å². The summed E-state index contributed by atoms with van der Waals surface area (Å²) in [7, 11) is 0. The summed E-state index contributed by atoms with van der Waals surface area (Å²) >= 11 is 0. The van der Waals surface area contributed by atoms with Gasteiger partial charge < -0.3 is 5.11 Å². The number of aliphatic hydroxyl groups excluding tert-OH is 1. The summed E-state index contributed by atoms with van der Waals surface area (Å²) in [6.45, 7) is 3.19. The van der Waals surface area contributed by atoms with Crippen molar-refractivity contribution >= 4 is 0 Å². The van der Waals surface area contributed by atoms with Crippen LogP contribution in [0, 0.1) is 17.2 Å². The minimum absolute atomic E-state index is 0.199. The van der Waals surface area contributed by atoms with E-state index < -0.39 is 0 Å². The average Bonchev–Trinajstić information content (AvgIpc) is 2.22. The molecule has 0 aromatic carbocycles. The highest BCUT2D eigenvalue weighted by Gasteiger charge is 2.33. The van der Waals surface area contributed by atoms with Crippen molar-refractivity contribution in [3.8, 4) is 6.07 Å². The summed E-state index contributed by atoms with van der Waals surface area (Å²) in [6, 6.07) is 2.40. The summed E-state index contributed by atoms with van der Waals surface area (Å²) in [4.78, 5) is 0. The van der Waals surface area contributed by atoms with Crippen molar-refractivity contribution in [2.75, 3.05) is 13.2 Å². The molecule has 80 valence electrons. The normalized spacial score (nSPS) is 32.5. The molecule has 1 aliphatic rings. The highest BCUT2D eigenvalue weighted by atomic mass is 16.3. The summed E-state index contributed by atoms with van der Waals surface area (Å²) in [5.41, 5.74) is -0.304. The molecule has 0 spiro atoms. The van der Waals surface area contributed by atoms with Crippen LogP contribution in [0.2, 0.25) is 0 Å². The van der Waals surface area contributed by atoms with E-state index in [2.05, 4.69) is 18.3 Å². The fraction of sp³-hybridized carbons (Fsp3) is 0.909. The lowest BCUT2D eigenvalue weighted by molar-refractivity contribution is 0.234. The molecule has 0 aromatic heterocycles. The molecule has 14 heavy (non-hydrogen) atoms. The van der Waals surface area contributed by atoms with Gasteiger partial charge in [0.05, 0.1) is 6.07 Å². The molecule has 0 bridgehead atoms. The van der Waals surface area contributed by atoms with E-state index in [1.54, 1.807) is 0 Å². The summed E-state index contributed by atoms with van der Waals surface area (Å²) in [5.74, 6) is 0.760. The van der Waals surface area contributed by atoms with Gasteiger partial charge >= 0.3 is 0 Å². The van der Waals surface area contributed by atoms with E-state index in [4.69, 9.17) is 10.4 Å². The van der Waals surface area contributed by atoms with Gasteiger partial charge in [-0.2, -0.15) is 5.26 Å². The van der Waals surface area contributed by atoms with E-state index >= 15 is 0 Å². The molecule has 0 aromatic rings. The van der Waals surface area contributed by atoms with E-state index in [1.165, 1.54) is 0 Å². The van der Waals surface area contributed by atoms with Gasteiger partial charge in [0.2, 0.25) is 0 Å². The topological polar surface area (TPSA) is 56.0 Å². The molecule has 0 amide bonds. The van der Waals surface area contributed by atoms with Crippen LogP contribution in [0.25, 0.3) is 0 Å². The molecule has 0 saturated heterocycles. The van der Waals surface area contributed by atoms with Crippen LogP contribution in [-0.2, 0) is 0 Å². The van der Waals surface area contributed by atoms with Gasteiger partial charge in [0, 0.05) is 6.61 Å². The summed E-state index contributed by atoms with van der Waals surface area (Å²) in [5, 5.41) is 21.1. The standard InChI is InChI=1S/C11H20N2O/c1-10-3-5-11(9-12,6-4-10)13-7-2-8-14/h10,13-14H,2-8H2,1H3. The Hall–Kier alpha value is -0.590. The predicted octanol–water partition coefficient (Wildman–Crippen LogP) is 1.43. The fourth-order valence-corrected chi connectivity index (χ4v) is 1.99. The molecule has 0 radical (unpaired) electrons. The second kappa shape index (κ2) is 5.33. The van der Waals surface area contributed by atoms with E-state index in [0.29, 0.717) is 0 Å². The van der Waals surface area contributed by atoms with Gasteiger partial charge in [0.25, 0.3) is 0 Å². The Balaban J connectivity index is 2.39. The molecule has 0 unspecified atom stereocenters. The lowest BCUT2D eigenvalue weighted by Crippen LogP contribution is -2.47. The Labute approximate surface area is 86.1 Å². The molecule has 1 rings (SSSR count). The van der Waals surface area contributed by atoms with E-state index in [9.17, 15) is 0 Å². The molecular weight excluding hydrogens is 176 g/mol. The van der Waals surface area contributed by atoms with Gasteiger partial charge in [-0.3, -0.25) is 5.32 Å². The van der Waals surface area contributed by atoms with Crippen molar-refractivity contribution in [2.24, 2.45) is 5.92 Å². The maximum Gasteiger partial charge on any atom is 0.106 e. The molecular formula is C11H20N2O. The van der Waals surface area contributed by atoms with Crippen molar-refractivity contribution < 1.29 is 5.11 Å². The molecule has 3 nitrogen and oxygen atoms in total. The van der Waals surface area contributed by atoms with Crippen LogP contribution in [0.3, 0.4) is 0 Å². The van der Waals surface area contributed by atoms with Crippen molar-refractivity contribution in [3.05, 3.63) is 0 Å². The van der Waals surface area contributed by atoms with Gasteiger partial charge in [-0.25, -0.2) is 0 Å². The lowest BCUT2D eigenvalue weighted by atomic mass is 9.78. The van der Waals surface area contributed by atoms with Gasteiger partial charge in [0.1, 0.15) is 5.54 Å². The third kappa shape index (κ3) is 2.97. The summed E-state index contributed by atoms with van der Waals surface area (Å²) in [6.07, 6.45) is 4.92. The van der Waals surface area contributed by atoms with Crippen LogP contribution in [0.5, 0.6) is 0 Å². The Kier molecular flexibility index (Phi) is 4.37. The maximum atomic E-state index is 9.15. The molecule has 0 aliphatic heterocycles. The largest absolute Gasteiger partial charge is 0.396 e. The minimum Gasteiger partial charge on any atom is -0.396 e. The number of rotatable bonds is 4. The van der Waals surface area contributed by atoms with Crippen LogP contribution in [0.4, 0.5) is 0 Å². The number of hydrogen-bond donors (Lipinski definition) is 2. The molecule has 1 aliphatic carbocycles. The highest BCUT2D eigenvalue weighted by molar-refractivity contribution is 5.08. The Morgan fingerprint density at radius 1 is 1.50 bits per heavy atom. The van der Waals surface area contributed by atoms with E-state index in [0.717, 1.165) is 44.6 Å². The number of nitrogens with zero attached hydrogens (tertiary/aromatic N) is 1. The third-order valence-corrected chi connectivity index (χ3v) is 3.14. The first-order chi connectivity index (χ1) is 6.72. The zero-order chi connectivity index (χ0) is 10.4. The van der Waals surface area contributed by atoms with Crippen LogP contribution in [0.1, 0.15) is 39.0 Å². The fourth-order valence-electron chi connectivity index (χ4n) is 1.99. The highest BCUT2D eigenvalue weighted by Crippen LogP contribution is 2.31. The first-order valence-electron chi connectivity index (χ1n) is 5.49. The predicted molar refractivity (Wildman–Crippen MR) is 55.7 cm³/mol. The summed E-state index contributed by atoms with van der Waals surface area (Å²) < 4.78 is 0. The number of aliphatic hydroxyl groups is 1. The maximum absolute atomic E-state index is 9.15. The first kappa shape index (κ1) is 11.5. The van der Waals surface area contributed by atoms with Gasteiger partial charge in [-0.05, 0) is 44.6 Å². The van der Waals surface area contributed by atoms with Crippen molar-refractivity contribution in [2.45, 2.75) is 44.6 Å². The van der Waals surface area contributed by atoms with Crippen LogP contribution >= 0.6 is 0 Å².